The first-order chi connectivity index (χ1) is 11.4. The predicted octanol–water partition coefficient (Wildman–Crippen LogP) is 2.15. The molecule has 2 aliphatic heterocycles. The molecular weight excluding hydrogens is 290 g/mol. The average Bonchev–Trinajstić information content (AvgIpc) is 3.23. The van der Waals surface area contributed by atoms with Crippen molar-refractivity contribution in [3.8, 4) is 0 Å². The molecule has 23 heavy (non-hydrogen) atoms. The maximum atomic E-state index is 6.10. The molecule has 4 heterocycles. The van der Waals surface area contributed by atoms with Crippen molar-refractivity contribution in [3.05, 3.63) is 54.2 Å². The van der Waals surface area contributed by atoms with E-state index in [-0.39, 0.29) is 0 Å². The van der Waals surface area contributed by atoms with Gasteiger partial charge in [0.05, 0.1) is 25.5 Å². The van der Waals surface area contributed by atoms with E-state index in [2.05, 4.69) is 26.9 Å². The lowest BCUT2D eigenvalue weighted by atomic mass is 10.1. The number of hydrogen-bond donors (Lipinski definition) is 0. The van der Waals surface area contributed by atoms with Gasteiger partial charge in [-0.2, -0.15) is 0 Å². The number of rotatable bonds is 5. The van der Waals surface area contributed by atoms with E-state index >= 15 is 0 Å². The fourth-order valence-corrected chi connectivity index (χ4v) is 3.65. The number of nitrogens with zero attached hydrogens (tertiary/aromatic N) is 3. The molecule has 2 unspecified atom stereocenters. The molecule has 0 N–H and O–H groups in total. The lowest BCUT2D eigenvalue weighted by Gasteiger charge is -2.36. The Morgan fingerprint density at radius 2 is 2.22 bits per heavy atom. The topological polar surface area (TPSA) is 41.7 Å². The van der Waals surface area contributed by atoms with Crippen LogP contribution < -0.4 is 0 Å². The predicted molar refractivity (Wildman–Crippen MR) is 86.8 cm³/mol. The Morgan fingerprint density at radius 1 is 1.22 bits per heavy atom. The molecule has 2 aromatic heterocycles. The van der Waals surface area contributed by atoms with Gasteiger partial charge in [-0.25, -0.2) is 0 Å². The molecular formula is C18H23N3O2. The Hall–Kier alpha value is -1.69. The summed E-state index contributed by atoms with van der Waals surface area (Å²) in [6.07, 6.45) is 6.89. The minimum absolute atomic E-state index is 0.337. The first kappa shape index (κ1) is 14.9. The highest BCUT2D eigenvalue weighted by molar-refractivity contribution is 5.07. The van der Waals surface area contributed by atoms with Crippen molar-refractivity contribution < 1.29 is 9.15 Å². The minimum atomic E-state index is 0.337. The van der Waals surface area contributed by atoms with E-state index in [0.717, 1.165) is 50.5 Å². The van der Waals surface area contributed by atoms with Gasteiger partial charge in [-0.05, 0) is 30.2 Å². The molecule has 2 atom stereocenters. The van der Waals surface area contributed by atoms with Crippen LogP contribution in [0.3, 0.4) is 0 Å². The van der Waals surface area contributed by atoms with Crippen LogP contribution in [0.4, 0.5) is 0 Å². The number of pyridine rings is 1. The zero-order valence-electron chi connectivity index (χ0n) is 13.3. The number of furan rings is 1. The van der Waals surface area contributed by atoms with Crippen LogP contribution in [0.2, 0.25) is 0 Å². The number of ether oxygens (including phenoxy) is 1. The Morgan fingerprint density at radius 3 is 3.04 bits per heavy atom. The molecule has 0 radical (unpaired) electrons. The van der Waals surface area contributed by atoms with Crippen LogP contribution in [0.1, 0.15) is 17.7 Å². The number of hydrogen-bond acceptors (Lipinski definition) is 5. The van der Waals surface area contributed by atoms with E-state index in [0.29, 0.717) is 18.8 Å². The van der Waals surface area contributed by atoms with Gasteiger partial charge in [0, 0.05) is 44.6 Å². The molecule has 2 fully saturated rings. The Bertz CT molecular complexity index is 602. The molecule has 0 aliphatic carbocycles. The molecule has 2 saturated heterocycles. The summed E-state index contributed by atoms with van der Waals surface area (Å²) in [5.74, 6) is 1.06. The molecule has 0 aromatic carbocycles. The van der Waals surface area contributed by atoms with E-state index in [1.807, 2.05) is 18.3 Å². The maximum Gasteiger partial charge on any atom is 0.117 e. The van der Waals surface area contributed by atoms with Gasteiger partial charge in [-0.3, -0.25) is 14.8 Å². The summed E-state index contributed by atoms with van der Waals surface area (Å²) in [6.45, 7) is 5.96. The molecule has 0 bridgehead atoms. The first-order valence-electron chi connectivity index (χ1n) is 8.36. The van der Waals surface area contributed by atoms with E-state index < -0.39 is 0 Å². The number of aromatic nitrogens is 1. The Kier molecular flexibility index (Phi) is 4.41. The molecule has 2 aliphatic rings. The lowest BCUT2D eigenvalue weighted by Crippen LogP contribution is -2.49. The summed E-state index contributed by atoms with van der Waals surface area (Å²) in [5.41, 5.74) is 1.15. The monoisotopic (exact) mass is 313 g/mol. The third-order valence-corrected chi connectivity index (χ3v) is 4.83. The molecule has 5 heteroatoms. The highest BCUT2D eigenvalue weighted by Crippen LogP contribution is 2.25. The summed E-state index contributed by atoms with van der Waals surface area (Å²) < 4.78 is 11.6. The van der Waals surface area contributed by atoms with Gasteiger partial charge in [0.1, 0.15) is 5.76 Å². The van der Waals surface area contributed by atoms with Gasteiger partial charge in [0.25, 0.3) is 0 Å². The summed E-state index contributed by atoms with van der Waals surface area (Å²) in [6, 6.07) is 8.66. The zero-order chi connectivity index (χ0) is 15.5. The van der Waals surface area contributed by atoms with Crippen molar-refractivity contribution in [2.45, 2.75) is 31.7 Å². The standard InChI is InChI=1S/C18H23N3O2/c1-3-15(10-19-5-1)14-23-18-9-16-11-20(6-7-21(16)13-18)12-17-4-2-8-22-17/h1-5,8,10,16,18H,6-7,9,11-14H2. The molecule has 0 amide bonds. The molecule has 0 saturated carbocycles. The van der Waals surface area contributed by atoms with Crippen LogP contribution >= 0.6 is 0 Å². The second kappa shape index (κ2) is 6.83. The van der Waals surface area contributed by atoms with Crippen LogP contribution in [0.15, 0.2) is 47.3 Å². The van der Waals surface area contributed by atoms with Gasteiger partial charge in [0.2, 0.25) is 0 Å². The van der Waals surface area contributed by atoms with Gasteiger partial charge in [-0.1, -0.05) is 6.07 Å². The lowest BCUT2D eigenvalue weighted by molar-refractivity contribution is 0.0455. The Balaban J connectivity index is 1.27. The van der Waals surface area contributed by atoms with Crippen molar-refractivity contribution in [1.82, 2.24) is 14.8 Å². The van der Waals surface area contributed by atoms with Crippen molar-refractivity contribution in [1.29, 1.82) is 0 Å². The van der Waals surface area contributed by atoms with Crippen molar-refractivity contribution in [2.24, 2.45) is 0 Å². The number of piperazine rings is 1. The van der Waals surface area contributed by atoms with Gasteiger partial charge in [-0.15, -0.1) is 0 Å². The molecule has 4 rings (SSSR count). The summed E-state index contributed by atoms with van der Waals surface area (Å²) in [5, 5.41) is 0. The molecule has 2 aromatic rings. The van der Waals surface area contributed by atoms with Crippen LogP contribution in [0, 0.1) is 0 Å². The number of fused-ring (bicyclic) bond motifs is 1. The minimum Gasteiger partial charge on any atom is -0.468 e. The fourth-order valence-electron chi connectivity index (χ4n) is 3.65. The Labute approximate surface area is 136 Å². The summed E-state index contributed by atoms with van der Waals surface area (Å²) in [4.78, 5) is 9.21. The van der Waals surface area contributed by atoms with Crippen molar-refractivity contribution >= 4 is 0 Å². The largest absolute Gasteiger partial charge is 0.468 e. The average molecular weight is 313 g/mol. The SMILES string of the molecule is c1cncc(COC2CC3CN(Cc4ccco4)CCN3C2)c1. The zero-order valence-corrected chi connectivity index (χ0v) is 13.3. The van der Waals surface area contributed by atoms with Crippen molar-refractivity contribution in [3.63, 3.8) is 0 Å². The van der Waals surface area contributed by atoms with E-state index in [4.69, 9.17) is 9.15 Å². The third-order valence-electron chi connectivity index (χ3n) is 4.83. The quantitative estimate of drug-likeness (QED) is 0.846. The van der Waals surface area contributed by atoms with E-state index in [1.54, 1.807) is 12.5 Å². The molecule has 122 valence electrons. The third kappa shape index (κ3) is 3.63. The van der Waals surface area contributed by atoms with E-state index in [9.17, 15) is 0 Å². The second-order valence-corrected chi connectivity index (χ2v) is 6.49. The van der Waals surface area contributed by atoms with Gasteiger partial charge >= 0.3 is 0 Å². The van der Waals surface area contributed by atoms with Crippen LogP contribution in [0.25, 0.3) is 0 Å². The van der Waals surface area contributed by atoms with Crippen molar-refractivity contribution in [2.75, 3.05) is 26.2 Å². The van der Waals surface area contributed by atoms with Gasteiger partial charge < -0.3 is 9.15 Å². The van der Waals surface area contributed by atoms with E-state index in [1.165, 1.54) is 0 Å². The molecule has 0 spiro atoms. The van der Waals surface area contributed by atoms with Gasteiger partial charge in [0.15, 0.2) is 0 Å². The van der Waals surface area contributed by atoms with Crippen LogP contribution in [-0.2, 0) is 17.9 Å². The fraction of sp³-hybridized carbons (Fsp3) is 0.500. The summed E-state index contributed by atoms with van der Waals surface area (Å²) >= 11 is 0. The molecule has 5 nitrogen and oxygen atoms in total. The normalized spacial score (nSPS) is 25.6. The smallest absolute Gasteiger partial charge is 0.117 e. The first-order valence-corrected chi connectivity index (χ1v) is 8.36. The summed E-state index contributed by atoms with van der Waals surface area (Å²) in [7, 11) is 0. The maximum absolute atomic E-state index is 6.10. The highest BCUT2D eigenvalue weighted by atomic mass is 16.5. The highest BCUT2D eigenvalue weighted by Gasteiger charge is 2.36. The van der Waals surface area contributed by atoms with Crippen LogP contribution in [-0.4, -0.2) is 53.1 Å². The van der Waals surface area contributed by atoms with Crippen LogP contribution in [0.5, 0.6) is 0 Å². The second-order valence-electron chi connectivity index (χ2n) is 6.49.